The third kappa shape index (κ3) is 3.84. The van der Waals surface area contributed by atoms with E-state index in [9.17, 15) is 9.59 Å². The summed E-state index contributed by atoms with van der Waals surface area (Å²) in [6.07, 6.45) is 1.55. The highest BCUT2D eigenvalue weighted by atomic mass is 35.5. The standard InChI is InChI=1S/C22H19Cl2NO3/c1-13-7-9-15(10-8-13)12-25-14(2)20(22(27)28-3)17(21(25)26)11-16-18(23)5-4-6-19(16)24/h4-11H,12H2,1-3H3/b17-11-. The van der Waals surface area contributed by atoms with E-state index in [4.69, 9.17) is 27.9 Å². The van der Waals surface area contributed by atoms with Gasteiger partial charge in [0.15, 0.2) is 0 Å². The van der Waals surface area contributed by atoms with Gasteiger partial charge in [0.05, 0.1) is 24.8 Å². The molecule has 0 saturated carbocycles. The number of carbonyl (C=O) groups is 2. The summed E-state index contributed by atoms with van der Waals surface area (Å²) in [6, 6.07) is 13.0. The van der Waals surface area contributed by atoms with Crippen molar-refractivity contribution in [3.63, 3.8) is 0 Å². The zero-order chi connectivity index (χ0) is 20.4. The second-order valence-corrected chi connectivity index (χ2v) is 7.34. The first kappa shape index (κ1) is 20.2. The summed E-state index contributed by atoms with van der Waals surface area (Å²) in [5, 5.41) is 0.790. The van der Waals surface area contributed by atoms with Gasteiger partial charge >= 0.3 is 5.97 Å². The van der Waals surface area contributed by atoms with Crippen molar-refractivity contribution in [2.45, 2.75) is 20.4 Å². The van der Waals surface area contributed by atoms with Crippen LogP contribution in [0.3, 0.4) is 0 Å². The van der Waals surface area contributed by atoms with Crippen molar-refractivity contribution >= 4 is 41.2 Å². The first-order valence-corrected chi connectivity index (χ1v) is 9.41. The third-order valence-electron chi connectivity index (χ3n) is 4.65. The van der Waals surface area contributed by atoms with Crippen molar-refractivity contribution in [1.29, 1.82) is 0 Å². The number of aryl methyl sites for hydroxylation is 1. The van der Waals surface area contributed by atoms with E-state index in [1.54, 1.807) is 36.1 Å². The predicted octanol–water partition coefficient (Wildman–Crippen LogP) is 5.17. The zero-order valence-electron chi connectivity index (χ0n) is 15.8. The lowest BCUT2D eigenvalue weighted by atomic mass is 10.0. The Hall–Kier alpha value is -2.56. The van der Waals surface area contributed by atoms with Crippen molar-refractivity contribution < 1.29 is 14.3 Å². The van der Waals surface area contributed by atoms with Crippen LogP contribution in [0.5, 0.6) is 0 Å². The number of carbonyl (C=O) groups excluding carboxylic acids is 2. The minimum atomic E-state index is -0.577. The predicted molar refractivity (Wildman–Crippen MR) is 111 cm³/mol. The molecule has 1 aliphatic rings. The Labute approximate surface area is 174 Å². The summed E-state index contributed by atoms with van der Waals surface area (Å²) in [5.41, 5.74) is 3.54. The molecule has 2 aromatic carbocycles. The molecule has 28 heavy (non-hydrogen) atoms. The minimum Gasteiger partial charge on any atom is -0.465 e. The average molecular weight is 416 g/mol. The summed E-state index contributed by atoms with van der Waals surface area (Å²) < 4.78 is 4.91. The first-order valence-electron chi connectivity index (χ1n) is 8.66. The van der Waals surface area contributed by atoms with Crippen LogP contribution in [0.15, 0.2) is 59.3 Å². The molecule has 1 heterocycles. The molecule has 0 N–H and O–H groups in total. The molecule has 3 rings (SSSR count). The number of methoxy groups -OCH3 is 1. The number of benzene rings is 2. The Kier molecular flexibility index (Phi) is 5.92. The van der Waals surface area contributed by atoms with Gasteiger partial charge in [-0.25, -0.2) is 4.79 Å². The van der Waals surface area contributed by atoms with Gasteiger partial charge in [-0.15, -0.1) is 0 Å². The van der Waals surface area contributed by atoms with Gasteiger partial charge in [0.1, 0.15) is 0 Å². The largest absolute Gasteiger partial charge is 0.465 e. The molecule has 0 aliphatic carbocycles. The number of ether oxygens (including phenoxy) is 1. The molecule has 0 radical (unpaired) electrons. The second-order valence-electron chi connectivity index (χ2n) is 6.52. The summed E-state index contributed by atoms with van der Waals surface area (Å²) in [5.74, 6) is -0.874. The molecule has 1 amide bonds. The maximum absolute atomic E-state index is 13.2. The van der Waals surface area contributed by atoms with Crippen molar-refractivity contribution in [3.8, 4) is 0 Å². The number of rotatable bonds is 4. The number of nitrogens with zero attached hydrogens (tertiary/aromatic N) is 1. The fourth-order valence-corrected chi connectivity index (χ4v) is 3.59. The quantitative estimate of drug-likeness (QED) is 0.510. The molecule has 2 aromatic rings. The van der Waals surface area contributed by atoms with E-state index in [2.05, 4.69) is 0 Å². The lowest BCUT2D eigenvalue weighted by Gasteiger charge is -2.18. The van der Waals surface area contributed by atoms with Crippen molar-refractivity contribution in [2.75, 3.05) is 7.11 Å². The third-order valence-corrected chi connectivity index (χ3v) is 5.31. The van der Waals surface area contributed by atoms with Crippen LogP contribution in [0.2, 0.25) is 10.0 Å². The van der Waals surface area contributed by atoms with Gasteiger partial charge in [-0.05, 0) is 37.6 Å². The molecule has 4 nitrogen and oxygen atoms in total. The van der Waals surface area contributed by atoms with Crippen molar-refractivity contribution in [1.82, 2.24) is 4.90 Å². The number of amides is 1. The van der Waals surface area contributed by atoms with E-state index in [-0.39, 0.29) is 17.1 Å². The van der Waals surface area contributed by atoms with Gasteiger partial charge in [-0.3, -0.25) is 4.79 Å². The topological polar surface area (TPSA) is 46.6 Å². The maximum Gasteiger partial charge on any atom is 0.340 e. The minimum absolute atomic E-state index is 0.214. The fraction of sp³-hybridized carbons (Fsp3) is 0.182. The van der Waals surface area contributed by atoms with Crippen molar-refractivity contribution in [2.24, 2.45) is 0 Å². The normalized spacial score (nSPS) is 15.5. The second kappa shape index (κ2) is 8.21. The molecular weight excluding hydrogens is 397 g/mol. The van der Waals surface area contributed by atoms with Crippen LogP contribution in [0, 0.1) is 6.92 Å². The van der Waals surface area contributed by atoms with Gasteiger partial charge in [0.25, 0.3) is 5.91 Å². The molecule has 144 valence electrons. The van der Waals surface area contributed by atoms with Crippen molar-refractivity contribution in [3.05, 3.63) is 86.0 Å². The summed E-state index contributed by atoms with van der Waals surface area (Å²) in [7, 11) is 1.29. The molecule has 0 spiro atoms. The van der Waals surface area contributed by atoms with Gasteiger partial charge in [0, 0.05) is 21.3 Å². The lowest BCUT2D eigenvalue weighted by molar-refractivity contribution is -0.136. The Bertz CT molecular complexity index is 987. The van der Waals surface area contributed by atoms with E-state index in [0.29, 0.717) is 27.9 Å². The number of hydrogen-bond donors (Lipinski definition) is 0. The molecule has 0 bridgehead atoms. The Balaban J connectivity index is 2.07. The number of esters is 1. The van der Waals surface area contributed by atoms with Crippen LogP contribution in [0.4, 0.5) is 0 Å². The Morgan fingerprint density at radius 3 is 2.25 bits per heavy atom. The van der Waals surface area contributed by atoms with Gasteiger partial charge in [0.2, 0.25) is 0 Å². The molecule has 0 aromatic heterocycles. The number of allylic oxidation sites excluding steroid dienone is 1. The van der Waals surface area contributed by atoms with E-state index in [0.717, 1.165) is 11.1 Å². The van der Waals surface area contributed by atoms with E-state index >= 15 is 0 Å². The molecular formula is C22H19Cl2NO3. The van der Waals surface area contributed by atoms with Crippen LogP contribution < -0.4 is 0 Å². The van der Waals surface area contributed by atoms with Gasteiger partial charge in [-0.1, -0.05) is 59.1 Å². The molecule has 0 atom stereocenters. The summed E-state index contributed by atoms with van der Waals surface area (Å²) in [4.78, 5) is 27.1. The SMILES string of the molecule is COC(=O)C1=C(C)N(Cc2ccc(C)cc2)C(=O)/C1=C\c1c(Cl)cccc1Cl. The van der Waals surface area contributed by atoms with E-state index < -0.39 is 5.97 Å². The van der Waals surface area contributed by atoms with Gasteiger partial charge < -0.3 is 9.64 Å². The monoisotopic (exact) mass is 415 g/mol. The van der Waals surface area contributed by atoms with Gasteiger partial charge in [-0.2, -0.15) is 0 Å². The van der Waals surface area contributed by atoms with Crippen LogP contribution in [-0.2, 0) is 20.9 Å². The summed E-state index contributed by atoms with van der Waals surface area (Å²) >= 11 is 12.5. The lowest BCUT2D eigenvalue weighted by Crippen LogP contribution is -2.24. The molecule has 6 heteroatoms. The number of hydrogen-bond acceptors (Lipinski definition) is 3. The van der Waals surface area contributed by atoms with Crippen LogP contribution in [0.25, 0.3) is 6.08 Å². The van der Waals surface area contributed by atoms with E-state index in [1.807, 2.05) is 31.2 Å². The smallest absolute Gasteiger partial charge is 0.340 e. The zero-order valence-corrected chi connectivity index (χ0v) is 17.3. The van der Waals surface area contributed by atoms with Crippen LogP contribution >= 0.6 is 23.2 Å². The first-order chi connectivity index (χ1) is 13.3. The highest BCUT2D eigenvalue weighted by Gasteiger charge is 2.37. The highest BCUT2D eigenvalue weighted by molar-refractivity contribution is 6.37. The molecule has 0 fully saturated rings. The average Bonchev–Trinajstić information content (AvgIpc) is 2.90. The summed E-state index contributed by atoms with van der Waals surface area (Å²) in [6.45, 7) is 4.08. The maximum atomic E-state index is 13.2. The van der Waals surface area contributed by atoms with Crippen LogP contribution in [0.1, 0.15) is 23.6 Å². The van der Waals surface area contributed by atoms with Crippen LogP contribution in [-0.4, -0.2) is 23.9 Å². The fourth-order valence-electron chi connectivity index (χ4n) is 3.09. The molecule has 1 aliphatic heterocycles. The highest BCUT2D eigenvalue weighted by Crippen LogP contribution is 2.35. The molecule has 0 saturated heterocycles. The molecule has 0 unspecified atom stereocenters. The Morgan fingerprint density at radius 1 is 1.07 bits per heavy atom. The Morgan fingerprint density at radius 2 is 1.68 bits per heavy atom. The van der Waals surface area contributed by atoms with E-state index in [1.165, 1.54) is 7.11 Å². The number of halogens is 2.